The van der Waals surface area contributed by atoms with E-state index in [4.69, 9.17) is 4.74 Å². The average molecular weight is 172 g/mol. The largest absolute Gasteiger partial charge is 0.462 e. The molecule has 0 unspecified atom stereocenters. The summed E-state index contributed by atoms with van der Waals surface area (Å²) in [6.07, 6.45) is 1.66. The molecule has 0 aromatic heterocycles. The molecule has 0 fully saturated rings. The Bertz CT molecular complexity index is 163. The summed E-state index contributed by atoms with van der Waals surface area (Å²) in [5.41, 5.74) is 0. The topological polar surface area (TPSA) is 43.4 Å². The molecule has 1 atom stereocenters. The highest BCUT2D eigenvalue weighted by atomic mass is 16.5. The summed E-state index contributed by atoms with van der Waals surface area (Å²) in [5.74, 6) is -0.563. The van der Waals surface area contributed by atoms with Crippen LogP contribution in [0.2, 0.25) is 0 Å². The molecule has 0 aliphatic rings. The van der Waals surface area contributed by atoms with E-state index in [9.17, 15) is 9.59 Å². The highest BCUT2D eigenvalue weighted by molar-refractivity contribution is 5.94. The summed E-state index contributed by atoms with van der Waals surface area (Å²) in [6, 6.07) is 0. The third-order valence-electron chi connectivity index (χ3n) is 1.42. The molecule has 0 bridgehead atoms. The second-order valence-corrected chi connectivity index (χ2v) is 2.97. The van der Waals surface area contributed by atoms with Crippen molar-refractivity contribution in [1.82, 2.24) is 0 Å². The monoisotopic (exact) mass is 172 g/mol. The third-order valence-corrected chi connectivity index (χ3v) is 1.42. The van der Waals surface area contributed by atoms with E-state index in [1.807, 2.05) is 13.8 Å². The van der Waals surface area contributed by atoms with Crippen LogP contribution in [0.25, 0.3) is 0 Å². The first kappa shape index (κ1) is 11.1. The first-order chi connectivity index (χ1) is 5.56. The van der Waals surface area contributed by atoms with Gasteiger partial charge in [-0.15, -0.1) is 0 Å². The lowest BCUT2D eigenvalue weighted by atomic mass is 10.2. The maximum atomic E-state index is 10.9. The molecule has 0 rings (SSSR count). The summed E-state index contributed by atoms with van der Waals surface area (Å²) in [7, 11) is 0. The van der Waals surface area contributed by atoms with Crippen molar-refractivity contribution in [3.63, 3.8) is 0 Å². The zero-order valence-corrected chi connectivity index (χ0v) is 7.92. The van der Waals surface area contributed by atoms with Gasteiger partial charge in [0.2, 0.25) is 0 Å². The van der Waals surface area contributed by atoms with E-state index in [1.165, 1.54) is 6.92 Å². The van der Waals surface area contributed by atoms with Gasteiger partial charge in [-0.3, -0.25) is 9.59 Å². The van der Waals surface area contributed by atoms with Gasteiger partial charge in [-0.2, -0.15) is 0 Å². The van der Waals surface area contributed by atoms with Crippen LogP contribution in [-0.2, 0) is 14.3 Å². The van der Waals surface area contributed by atoms with E-state index in [-0.39, 0.29) is 18.3 Å². The molecule has 0 aliphatic carbocycles. The molecule has 0 saturated carbocycles. The number of hydrogen-bond acceptors (Lipinski definition) is 3. The van der Waals surface area contributed by atoms with Crippen LogP contribution < -0.4 is 0 Å². The number of rotatable bonds is 5. The molecule has 0 amide bonds. The van der Waals surface area contributed by atoms with E-state index < -0.39 is 5.97 Å². The molecule has 0 radical (unpaired) electrons. The summed E-state index contributed by atoms with van der Waals surface area (Å²) in [6.45, 7) is 5.24. The molecule has 0 aromatic rings. The Labute approximate surface area is 73.1 Å². The summed E-state index contributed by atoms with van der Waals surface area (Å²) in [5, 5.41) is 0. The lowest BCUT2D eigenvalue weighted by Gasteiger charge is -2.10. The molecule has 0 aliphatic heterocycles. The number of Topliss-reactive ketones (excluding diaryl/α,β-unsaturated/α-hetero) is 1. The van der Waals surface area contributed by atoms with Crippen LogP contribution in [0.4, 0.5) is 0 Å². The van der Waals surface area contributed by atoms with E-state index in [2.05, 4.69) is 0 Å². The lowest BCUT2D eigenvalue weighted by molar-refractivity contribution is -0.150. The molecule has 0 aromatic carbocycles. The highest BCUT2D eigenvalue weighted by Gasteiger charge is 2.10. The van der Waals surface area contributed by atoms with Gasteiger partial charge in [0.15, 0.2) is 0 Å². The highest BCUT2D eigenvalue weighted by Crippen LogP contribution is 2.02. The van der Waals surface area contributed by atoms with Crippen LogP contribution in [0.1, 0.15) is 40.0 Å². The quantitative estimate of drug-likeness (QED) is 0.468. The van der Waals surface area contributed by atoms with Gasteiger partial charge >= 0.3 is 5.97 Å². The van der Waals surface area contributed by atoms with Crippen LogP contribution in [0, 0.1) is 0 Å². The molecule has 70 valence electrons. The fraction of sp³-hybridized carbons (Fsp3) is 0.778. The van der Waals surface area contributed by atoms with Crippen molar-refractivity contribution in [1.29, 1.82) is 0 Å². The van der Waals surface area contributed by atoms with Gasteiger partial charge < -0.3 is 4.74 Å². The Morgan fingerprint density at radius 2 is 2.00 bits per heavy atom. The van der Waals surface area contributed by atoms with Gasteiger partial charge in [-0.1, -0.05) is 13.3 Å². The zero-order valence-electron chi connectivity index (χ0n) is 7.92. The predicted octanol–water partition coefficient (Wildman–Crippen LogP) is 1.70. The standard InChI is InChI=1S/C9H16O3/c1-4-5-8(3)12-9(11)6-7(2)10/h8H,4-6H2,1-3H3/t8-/m0/s1. The Morgan fingerprint density at radius 3 is 2.42 bits per heavy atom. The third kappa shape index (κ3) is 5.89. The molecule has 3 heteroatoms. The van der Waals surface area contributed by atoms with Crippen molar-refractivity contribution >= 4 is 11.8 Å². The second kappa shape index (κ2) is 5.75. The average Bonchev–Trinajstić information content (AvgIpc) is 1.84. The Balaban J connectivity index is 3.61. The maximum Gasteiger partial charge on any atom is 0.313 e. The molecule has 3 nitrogen and oxygen atoms in total. The number of ketones is 1. The van der Waals surface area contributed by atoms with E-state index >= 15 is 0 Å². The van der Waals surface area contributed by atoms with Crippen LogP contribution in [0.15, 0.2) is 0 Å². The summed E-state index contributed by atoms with van der Waals surface area (Å²) >= 11 is 0. The number of esters is 1. The van der Waals surface area contributed by atoms with Gasteiger partial charge in [0, 0.05) is 0 Å². The molecular weight excluding hydrogens is 156 g/mol. The van der Waals surface area contributed by atoms with Gasteiger partial charge in [0.25, 0.3) is 0 Å². The van der Waals surface area contributed by atoms with Gasteiger partial charge in [-0.05, 0) is 20.3 Å². The van der Waals surface area contributed by atoms with Crippen LogP contribution in [0.3, 0.4) is 0 Å². The van der Waals surface area contributed by atoms with Crippen LogP contribution in [0.5, 0.6) is 0 Å². The fourth-order valence-corrected chi connectivity index (χ4v) is 0.935. The number of carbonyl (C=O) groups is 2. The number of ether oxygens (including phenoxy) is 1. The normalized spacial score (nSPS) is 12.2. The SMILES string of the molecule is CCC[C@H](C)OC(=O)CC(C)=O. The van der Waals surface area contributed by atoms with Gasteiger partial charge in [0.05, 0.1) is 6.10 Å². The second-order valence-electron chi connectivity index (χ2n) is 2.97. The minimum Gasteiger partial charge on any atom is -0.462 e. The Morgan fingerprint density at radius 1 is 1.42 bits per heavy atom. The molecule has 0 heterocycles. The number of carbonyl (C=O) groups excluding carboxylic acids is 2. The minimum atomic E-state index is -0.413. The molecule has 0 N–H and O–H groups in total. The van der Waals surface area contributed by atoms with Crippen molar-refractivity contribution in [2.75, 3.05) is 0 Å². The molecular formula is C9H16O3. The van der Waals surface area contributed by atoms with Crippen molar-refractivity contribution in [3.8, 4) is 0 Å². The minimum absolute atomic E-state index is 0.0677. The Kier molecular flexibility index (Phi) is 5.34. The van der Waals surface area contributed by atoms with Crippen LogP contribution >= 0.6 is 0 Å². The number of hydrogen-bond donors (Lipinski definition) is 0. The van der Waals surface area contributed by atoms with Crippen molar-refractivity contribution < 1.29 is 14.3 Å². The molecule has 12 heavy (non-hydrogen) atoms. The Hall–Kier alpha value is -0.860. The first-order valence-corrected chi connectivity index (χ1v) is 4.25. The van der Waals surface area contributed by atoms with Gasteiger partial charge in [-0.25, -0.2) is 0 Å². The molecule has 0 spiro atoms. The molecule has 0 saturated heterocycles. The van der Waals surface area contributed by atoms with Crippen molar-refractivity contribution in [2.24, 2.45) is 0 Å². The van der Waals surface area contributed by atoms with E-state index in [1.54, 1.807) is 0 Å². The smallest absolute Gasteiger partial charge is 0.313 e. The predicted molar refractivity (Wildman–Crippen MR) is 45.8 cm³/mol. The van der Waals surface area contributed by atoms with Gasteiger partial charge in [0.1, 0.15) is 12.2 Å². The van der Waals surface area contributed by atoms with Crippen molar-refractivity contribution in [3.05, 3.63) is 0 Å². The zero-order chi connectivity index (χ0) is 9.56. The first-order valence-electron chi connectivity index (χ1n) is 4.25. The lowest BCUT2D eigenvalue weighted by Crippen LogP contribution is -2.16. The van der Waals surface area contributed by atoms with E-state index in [0.717, 1.165) is 12.8 Å². The van der Waals surface area contributed by atoms with E-state index in [0.29, 0.717) is 0 Å². The summed E-state index contributed by atoms with van der Waals surface area (Å²) < 4.78 is 4.94. The van der Waals surface area contributed by atoms with Crippen LogP contribution in [-0.4, -0.2) is 17.9 Å². The fourth-order valence-electron chi connectivity index (χ4n) is 0.935. The summed E-state index contributed by atoms with van der Waals surface area (Å²) in [4.78, 5) is 21.4. The van der Waals surface area contributed by atoms with Crippen molar-refractivity contribution in [2.45, 2.75) is 46.1 Å². The maximum absolute atomic E-state index is 10.9.